The van der Waals surface area contributed by atoms with Gasteiger partial charge in [0.25, 0.3) is 0 Å². The summed E-state index contributed by atoms with van der Waals surface area (Å²) in [5, 5.41) is 7.14. The average Bonchev–Trinajstić information content (AvgIpc) is 3.10. The van der Waals surface area contributed by atoms with Crippen molar-refractivity contribution in [3.8, 4) is 22.8 Å². The van der Waals surface area contributed by atoms with E-state index in [1.54, 1.807) is 18.2 Å². The Kier molecular flexibility index (Phi) is 6.02. The van der Waals surface area contributed by atoms with Crippen LogP contribution in [0.4, 0.5) is 4.39 Å². The predicted molar refractivity (Wildman–Crippen MR) is 102 cm³/mol. The lowest BCUT2D eigenvalue weighted by Crippen LogP contribution is -2.19. The number of unbranched alkanes of at least 4 members (excludes halogenated alkanes) is 1. The number of halogens is 1. The fourth-order valence-electron chi connectivity index (χ4n) is 2.83. The largest absolute Gasteiger partial charge is 0.454 e. The second-order valence-corrected chi connectivity index (χ2v) is 6.42. The van der Waals surface area contributed by atoms with E-state index in [4.69, 9.17) is 4.74 Å². The van der Waals surface area contributed by atoms with Crippen LogP contribution in [0.25, 0.3) is 11.3 Å². The van der Waals surface area contributed by atoms with E-state index < -0.39 is 5.82 Å². The lowest BCUT2D eigenvalue weighted by molar-refractivity contribution is 0.321. The normalized spacial score (nSPS) is 11.1. The number of rotatable bonds is 8. The molecule has 0 spiro atoms. The van der Waals surface area contributed by atoms with Crippen molar-refractivity contribution in [2.24, 2.45) is 0 Å². The van der Waals surface area contributed by atoms with Crippen molar-refractivity contribution in [2.45, 2.75) is 26.3 Å². The van der Waals surface area contributed by atoms with Crippen LogP contribution in [0.1, 0.15) is 25.3 Å². The van der Waals surface area contributed by atoms with Crippen LogP contribution in [-0.4, -0.2) is 28.7 Å². The first kappa shape index (κ1) is 18.1. The molecule has 0 bridgehead atoms. The van der Waals surface area contributed by atoms with Crippen molar-refractivity contribution < 1.29 is 9.13 Å². The first-order valence-corrected chi connectivity index (χ1v) is 8.91. The van der Waals surface area contributed by atoms with Crippen molar-refractivity contribution >= 4 is 0 Å². The van der Waals surface area contributed by atoms with E-state index in [0.717, 1.165) is 42.8 Å². The van der Waals surface area contributed by atoms with Crippen LogP contribution in [0.15, 0.2) is 54.7 Å². The van der Waals surface area contributed by atoms with Crippen molar-refractivity contribution in [2.75, 3.05) is 13.6 Å². The molecular weight excluding hydrogens is 329 g/mol. The Bertz CT molecular complexity index is 832. The summed E-state index contributed by atoms with van der Waals surface area (Å²) >= 11 is 0. The van der Waals surface area contributed by atoms with Gasteiger partial charge < -0.3 is 9.64 Å². The minimum atomic E-state index is -0.397. The highest BCUT2D eigenvalue weighted by Crippen LogP contribution is 2.29. The van der Waals surface area contributed by atoms with Crippen LogP contribution in [-0.2, 0) is 6.54 Å². The summed E-state index contributed by atoms with van der Waals surface area (Å²) in [6, 6.07) is 14.2. The minimum Gasteiger partial charge on any atom is -0.454 e. The number of aromatic nitrogens is 2. The molecule has 0 aliphatic rings. The molecule has 0 amide bonds. The van der Waals surface area contributed by atoms with Gasteiger partial charge in [-0.25, -0.2) is 4.39 Å². The predicted octanol–water partition coefficient (Wildman–Crippen LogP) is 5.24. The van der Waals surface area contributed by atoms with Gasteiger partial charge in [0.1, 0.15) is 5.75 Å². The minimum absolute atomic E-state index is 0.209. The Balaban J connectivity index is 1.76. The smallest absolute Gasteiger partial charge is 0.166 e. The molecule has 0 aliphatic heterocycles. The monoisotopic (exact) mass is 353 g/mol. The van der Waals surface area contributed by atoms with Crippen LogP contribution >= 0.6 is 0 Å². The highest BCUT2D eigenvalue weighted by Gasteiger charge is 2.13. The van der Waals surface area contributed by atoms with Crippen LogP contribution in [0.5, 0.6) is 11.5 Å². The highest BCUT2D eigenvalue weighted by molar-refractivity contribution is 5.63. The molecular formula is C21H24FN3O. The third kappa shape index (κ3) is 4.49. The third-order valence-electron chi connectivity index (χ3n) is 4.24. The lowest BCUT2D eigenvalue weighted by Gasteiger charge is -2.16. The molecule has 0 saturated heterocycles. The average molecular weight is 353 g/mol. The Hall–Kier alpha value is -2.66. The summed E-state index contributed by atoms with van der Waals surface area (Å²) in [7, 11) is 2.09. The van der Waals surface area contributed by atoms with E-state index in [-0.39, 0.29) is 5.75 Å². The lowest BCUT2D eigenvalue weighted by atomic mass is 10.1. The molecule has 136 valence electrons. The van der Waals surface area contributed by atoms with Gasteiger partial charge in [0.05, 0.1) is 11.9 Å². The number of hydrogen-bond acceptors (Lipinski definition) is 3. The molecule has 26 heavy (non-hydrogen) atoms. The maximum Gasteiger partial charge on any atom is 0.166 e. The second kappa shape index (κ2) is 8.63. The maximum absolute atomic E-state index is 14.5. The van der Waals surface area contributed by atoms with E-state index in [0.29, 0.717) is 5.75 Å². The van der Waals surface area contributed by atoms with Gasteiger partial charge >= 0.3 is 0 Å². The van der Waals surface area contributed by atoms with E-state index in [1.165, 1.54) is 6.07 Å². The summed E-state index contributed by atoms with van der Waals surface area (Å²) in [5.41, 5.74) is 2.66. The quantitative estimate of drug-likeness (QED) is 0.602. The van der Waals surface area contributed by atoms with Gasteiger partial charge in [-0.05, 0) is 50.3 Å². The molecule has 0 fully saturated rings. The summed E-state index contributed by atoms with van der Waals surface area (Å²) in [4.78, 5) is 2.25. The van der Waals surface area contributed by atoms with Crippen molar-refractivity contribution in [1.82, 2.24) is 15.1 Å². The molecule has 1 N–H and O–H groups in total. The Morgan fingerprint density at radius 3 is 2.69 bits per heavy atom. The molecule has 3 aromatic rings. The van der Waals surface area contributed by atoms with E-state index in [2.05, 4.69) is 29.1 Å². The van der Waals surface area contributed by atoms with E-state index in [9.17, 15) is 4.39 Å². The zero-order valence-electron chi connectivity index (χ0n) is 15.2. The molecule has 0 unspecified atom stereocenters. The highest BCUT2D eigenvalue weighted by atomic mass is 19.1. The molecule has 2 aromatic carbocycles. The SMILES string of the molecule is CCCCN(C)Cc1cn[nH]c1-c1ccc(Oc2ccccc2)c(F)c1. The zero-order chi connectivity index (χ0) is 18.4. The van der Waals surface area contributed by atoms with Crippen LogP contribution in [0.2, 0.25) is 0 Å². The summed E-state index contributed by atoms with van der Waals surface area (Å²) < 4.78 is 20.1. The number of benzene rings is 2. The molecule has 3 rings (SSSR count). The number of hydrogen-bond donors (Lipinski definition) is 1. The van der Waals surface area contributed by atoms with Gasteiger partial charge in [-0.2, -0.15) is 5.10 Å². The third-order valence-corrected chi connectivity index (χ3v) is 4.24. The molecule has 1 heterocycles. The van der Waals surface area contributed by atoms with Crippen LogP contribution in [0, 0.1) is 5.82 Å². The molecule has 1 aromatic heterocycles. The number of nitrogens with zero attached hydrogens (tertiary/aromatic N) is 2. The van der Waals surface area contributed by atoms with E-state index in [1.807, 2.05) is 30.5 Å². The number of aromatic amines is 1. The summed E-state index contributed by atoms with van der Waals surface area (Å²) in [5.74, 6) is 0.422. The van der Waals surface area contributed by atoms with Gasteiger partial charge in [0, 0.05) is 17.7 Å². The molecule has 0 saturated carbocycles. The van der Waals surface area contributed by atoms with Gasteiger partial charge in [-0.3, -0.25) is 5.10 Å². The topological polar surface area (TPSA) is 41.2 Å². The summed E-state index contributed by atoms with van der Waals surface area (Å²) in [6.07, 6.45) is 4.13. The van der Waals surface area contributed by atoms with Gasteiger partial charge in [0.15, 0.2) is 11.6 Å². The van der Waals surface area contributed by atoms with Gasteiger partial charge in [0.2, 0.25) is 0 Å². The Morgan fingerprint density at radius 2 is 1.96 bits per heavy atom. The zero-order valence-corrected chi connectivity index (χ0v) is 15.2. The Labute approximate surface area is 153 Å². The molecule has 0 atom stereocenters. The van der Waals surface area contributed by atoms with Gasteiger partial charge in [-0.15, -0.1) is 0 Å². The number of ether oxygens (including phenoxy) is 1. The number of nitrogens with one attached hydrogen (secondary N) is 1. The van der Waals surface area contributed by atoms with Crippen LogP contribution in [0.3, 0.4) is 0 Å². The Morgan fingerprint density at radius 1 is 1.15 bits per heavy atom. The first-order chi connectivity index (χ1) is 12.7. The second-order valence-electron chi connectivity index (χ2n) is 6.42. The maximum atomic E-state index is 14.5. The fourth-order valence-corrected chi connectivity index (χ4v) is 2.83. The molecule has 5 heteroatoms. The fraction of sp³-hybridized carbons (Fsp3) is 0.286. The number of para-hydroxylation sites is 1. The van der Waals surface area contributed by atoms with Crippen molar-refractivity contribution in [3.05, 3.63) is 66.1 Å². The van der Waals surface area contributed by atoms with Crippen molar-refractivity contribution in [3.63, 3.8) is 0 Å². The number of H-pyrrole nitrogens is 1. The molecule has 0 radical (unpaired) electrons. The molecule has 4 nitrogen and oxygen atoms in total. The van der Waals surface area contributed by atoms with Gasteiger partial charge in [-0.1, -0.05) is 31.5 Å². The van der Waals surface area contributed by atoms with E-state index >= 15 is 0 Å². The molecule has 0 aliphatic carbocycles. The standard InChI is InChI=1S/C21H24FN3O/c1-3-4-12-25(2)15-17-14-23-24-21(17)16-10-11-20(19(22)13-16)26-18-8-6-5-7-9-18/h5-11,13-14H,3-4,12,15H2,1-2H3,(H,23,24). The van der Waals surface area contributed by atoms with Crippen LogP contribution < -0.4 is 4.74 Å². The summed E-state index contributed by atoms with van der Waals surface area (Å²) in [6.45, 7) is 3.98. The van der Waals surface area contributed by atoms with Crippen molar-refractivity contribution in [1.29, 1.82) is 0 Å². The first-order valence-electron chi connectivity index (χ1n) is 8.91.